The number of nitrogens with one attached hydrogen (secondary N) is 1. The Bertz CT molecular complexity index is 855. The first-order valence-corrected chi connectivity index (χ1v) is 8.69. The molecule has 0 aliphatic carbocycles. The molecule has 2 amide bonds. The summed E-state index contributed by atoms with van der Waals surface area (Å²) in [5.74, 6) is -1.70. The molecular formula is C19H20F2N2O5. The number of benzene rings is 1. The van der Waals surface area contributed by atoms with E-state index in [4.69, 9.17) is 13.9 Å². The molecule has 0 saturated carbocycles. The van der Waals surface area contributed by atoms with Gasteiger partial charge in [-0.2, -0.15) is 0 Å². The van der Waals surface area contributed by atoms with Crippen LogP contribution in [0.15, 0.2) is 34.7 Å². The Morgan fingerprint density at radius 1 is 1.29 bits per heavy atom. The van der Waals surface area contributed by atoms with Gasteiger partial charge in [-0.25, -0.2) is 8.78 Å². The van der Waals surface area contributed by atoms with Crippen LogP contribution in [0.1, 0.15) is 22.7 Å². The molecule has 0 bridgehead atoms. The molecule has 1 aliphatic rings. The molecule has 1 aromatic heterocycles. The second kappa shape index (κ2) is 8.94. The monoisotopic (exact) mass is 394 g/mol. The van der Waals surface area contributed by atoms with Crippen molar-refractivity contribution in [2.24, 2.45) is 0 Å². The van der Waals surface area contributed by atoms with Crippen LogP contribution in [0.5, 0.6) is 0 Å². The lowest BCUT2D eigenvalue weighted by molar-refractivity contribution is -0.118. The third-order valence-corrected chi connectivity index (χ3v) is 4.27. The number of methoxy groups -OCH3 is 1. The first-order valence-electron chi connectivity index (χ1n) is 8.69. The minimum atomic E-state index is -0.746. The van der Waals surface area contributed by atoms with E-state index >= 15 is 0 Å². The van der Waals surface area contributed by atoms with Crippen molar-refractivity contribution >= 4 is 17.5 Å². The zero-order chi connectivity index (χ0) is 20.1. The van der Waals surface area contributed by atoms with Crippen molar-refractivity contribution in [2.45, 2.75) is 19.1 Å². The fourth-order valence-corrected chi connectivity index (χ4v) is 2.95. The molecule has 1 aromatic carbocycles. The number of halogens is 2. The summed E-state index contributed by atoms with van der Waals surface area (Å²) >= 11 is 0. The van der Waals surface area contributed by atoms with Crippen LogP contribution < -0.4 is 5.32 Å². The predicted octanol–water partition coefficient (Wildman–Crippen LogP) is 2.57. The number of hydrogen-bond donors (Lipinski definition) is 1. The van der Waals surface area contributed by atoms with Crippen LogP contribution in [0, 0.1) is 11.6 Å². The number of furan rings is 1. The number of carbonyl (C=O) groups excluding carboxylic acids is 2. The molecule has 0 radical (unpaired) electrons. The quantitative estimate of drug-likeness (QED) is 0.815. The van der Waals surface area contributed by atoms with Gasteiger partial charge in [-0.3, -0.25) is 9.59 Å². The van der Waals surface area contributed by atoms with E-state index in [0.717, 1.165) is 18.2 Å². The number of nitrogens with zero attached hydrogens (tertiary/aromatic N) is 1. The van der Waals surface area contributed by atoms with Crippen molar-refractivity contribution in [3.8, 4) is 0 Å². The molecule has 3 rings (SSSR count). The summed E-state index contributed by atoms with van der Waals surface area (Å²) < 4.78 is 42.8. The van der Waals surface area contributed by atoms with Crippen molar-refractivity contribution in [1.29, 1.82) is 0 Å². The molecule has 1 N–H and O–H groups in total. The van der Waals surface area contributed by atoms with Gasteiger partial charge in [0.15, 0.2) is 5.76 Å². The number of rotatable bonds is 6. The van der Waals surface area contributed by atoms with Crippen molar-refractivity contribution in [3.05, 3.63) is 53.5 Å². The SMILES string of the molecule is COCc1ccc(C(=O)N2CCOC[C@@H]2CC(=O)Nc2cc(F)ccc2F)o1. The van der Waals surface area contributed by atoms with Gasteiger partial charge in [-0.1, -0.05) is 0 Å². The number of hydrogen-bond acceptors (Lipinski definition) is 5. The van der Waals surface area contributed by atoms with Gasteiger partial charge >= 0.3 is 0 Å². The summed E-state index contributed by atoms with van der Waals surface area (Å²) in [4.78, 5) is 26.6. The highest BCUT2D eigenvalue weighted by Crippen LogP contribution is 2.20. The standard InChI is InChI=1S/C19H20F2N2O5/c1-26-11-14-3-5-17(28-14)19(25)23-6-7-27-10-13(23)9-18(24)22-16-8-12(20)2-4-15(16)21/h2-5,8,13H,6-7,9-11H2,1H3,(H,22,24)/t13-/m0/s1. The molecule has 1 atom stereocenters. The average Bonchev–Trinajstić information content (AvgIpc) is 3.13. The highest BCUT2D eigenvalue weighted by atomic mass is 19.1. The van der Waals surface area contributed by atoms with Crippen molar-refractivity contribution in [1.82, 2.24) is 4.90 Å². The van der Waals surface area contributed by atoms with Crippen molar-refractivity contribution in [3.63, 3.8) is 0 Å². The molecular weight excluding hydrogens is 374 g/mol. The van der Waals surface area contributed by atoms with Crippen LogP contribution in [-0.2, 0) is 20.9 Å². The molecule has 2 aromatic rings. The topological polar surface area (TPSA) is 81.0 Å². The largest absolute Gasteiger partial charge is 0.453 e. The highest BCUT2D eigenvalue weighted by molar-refractivity contribution is 5.94. The summed E-state index contributed by atoms with van der Waals surface area (Å²) in [6.45, 7) is 0.997. The molecule has 0 unspecified atom stereocenters. The molecule has 1 aliphatic heterocycles. The average molecular weight is 394 g/mol. The summed E-state index contributed by atoms with van der Waals surface area (Å²) in [6, 6.07) is 5.42. The minimum absolute atomic E-state index is 0.132. The molecule has 2 heterocycles. The van der Waals surface area contributed by atoms with Crippen LogP contribution >= 0.6 is 0 Å². The van der Waals surface area contributed by atoms with Crippen molar-refractivity contribution in [2.75, 3.05) is 32.2 Å². The van der Waals surface area contributed by atoms with Crippen LogP contribution in [0.2, 0.25) is 0 Å². The van der Waals surface area contributed by atoms with E-state index in [1.54, 1.807) is 12.1 Å². The maximum absolute atomic E-state index is 13.7. The fourth-order valence-electron chi connectivity index (χ4n) is 2.95. The Balaban J connectivity index is 1.67. The molecule has 7 nitrogen and oxygen atoms in total. The number of amides is 2. The summed E-state index contributed by atoms with van der Waals surface area (Å²) in [7, 11) is 1.52. The third kappa shape index (κ3) is 4.73. The number of ether oxygens (including phenoxy) is 2. The molecule has 1 fully saturated rings. The van der Waals surface area contributed by atoms with Crippen LogP contribution in [0.4, 0.5) is 14.5 Å². The van der Waals surface area contributed by atoms with E-state index in [0.29, 0.717) is 12.4 Å². The third-order valence-electron chi connectivity index (χ3n) is 4.27. The number of anilines is 1. The van der Waals surface area contributed by atoms with Crippen LogP contribution in [0.25, 0.3) is 0 Å². The first-order chi connectivity index (χ1) is 13.5. The minimum Gasteiger partial charge on any atom is -0.453 e. The van der Waals surface area contributed by atoms with E-state index in [9.17, 15) is 18.4 Å². The molecule has 0 spiro atoms. The van der Waals surface area contributed by atoms with Gasteiger partial charge in [0.1, 0.15) is 24.0 Å². The lowest BCUT2D eigenvalue weighted by Gasteiger charge is -2.34. The smallest absolute Gasteiger partial charge is 0.289 e. The maximum Gasteiger partial charge on any atom is 0.289 e. The van der Waals surface area contributed by atoms with Gasteiger partial charge in [0, 0.05) is 26.1 Å². The lowest BCUT2D eigenvalue weighted by atomic mass is 10.1. The highest BCUT2D eigenvalue weighted by Gasteiger charge is 2.31. The first kappa shape index (κ1) is 20.0. The second-order valence-corrected chi connectivity index (χ2v) is 6.30. The van der Waals surface area contributed by atoms with Gasteiger partial charge in [0.25, 0.3) is 5.91 Å². The summed E-state index contributed by atoms with van der Waals surface area (Å²) in [5, 5.41) is 2.33. The van der Waals surface area contributed by atoms with E-state index in [-0.39, 0.29) is 43.5 Å². The van der Waals surface area contributed by atoms with E-state index < -0.39 is 23.6 Å². The van der Waals surface area contributed by atoms with Gasteiger partial charge in [0.05, 0.1) is 24.9 Å². The Morgan fingerprint density at radius 2 is 2.11 bits per heavy atom. The molecule has 150 valence electrons. The predicted molar refractivity (Wildman–Crippen MR) is 94.7 cm³/mol. The van der Waals surface area contributed by atoms with Crippen LogP contribution in [-0.4, -0.2) is 49.6 Å². The summed E-state index contributed by atoms with van der Waals surface area (Å²) in [6.07, 6.45) is -0.132. The summed E-state index contributed by atoms with van der Waals surface area (Å²) in [5.41, 5.74) is -0.255. The lowest BCUT2D eigenvalue weighted by Crippen LogP contribution is -2.50. The molecule has 9 heteroatoms. The molecule has 28 heavy (non-hydrogen) atoms. The van der Waals surface area contributed by atoms with Gasteiger partial charge < -0.3 is 24.1 Å². The van der Waals surface area contributed by atoms with E-state index in [2.05, 4.69) is 5.32 Å². The Hall–Kier alpha value is -2.78. The van der Waals surface area contributed by atoms with Gasteiger partial charge in [-0.15, -0.1) is 0 Å². The zero-order valence-electron chi connectivity index (χ0n) is 15.2. The van der Waals surface area contributed by atoms with Crippen LogP contribution in [0.3, 0.4) is 0 Å². The Kier molecular flexibility index (Phi) is 6.37. The van der Waals surface area contributed by atoms with Gasteiger partial charge in [-0.05, 0) is 24.3 Å². The normalized spacial score (nSPS) is 16.8. The fraction of sp³-hybridized carbons (Fsp3) is 0.368. The van der Waals surface area contributed by atoms with E-state index in [1.165, 1.54) is 12.0 Å². The Labute approximate surface area is 160 Å². The number of morpholine rings is 1. The Morgan fingerprint density at radius 3 is 2.89 bits per heavy atom. The zero-order valence-corrected chi connectivity index (χ0v) is 15.2. The molecule has 1 saturated heterocycles. The maximum atomic E-state index is 13.7. The van der Waals surface area contributed by atoms with Gasteiger partial charge in [0.2, 0.25) is 5.91 Å². The number of carbonyl (C=O) groups is 2. The second-order valence-electron chi connectivity index (χ2n) is 6.30. The van der Waals surface area contributed by atoms with E-state index in [1.807, 2.05) is 0 Å². The van der Waals surface area contributed by atoms with Crippen molar-refractivity contribution < 1.29 is 32.3 Å².